The van der Waals surface area contributed by atoms with Crippen LogP contribution in [0, 0.1) is 0 Å². The van der Waals surface area contributed by atoms with E-state index in [1.54, 1.807) is 4.68 Å². The lowest BCUT2D eigenvalue weighted by atomic mass is 10.0. The smallest absolute Gasteiger partial charge is 0.0923 e. The number of aromatic nitrogens is 3. The van der Waals surface area contributed by atoms with E-state index in [1.165, 1.54) is 0 Å². The topological polar surface area (TPSA) is 50.9 Å². The molecule has 4 rings (SSSR count). The summed E-state index contributed by atoms with van der Waals surface area (Å²) in [6, 6.07) is 22.5. The number of para-hydroxylation sites is 1. The van der Waals surface area contributed by atoms with E-state index in [2.05, 4.69) is 35.4 Å². The quantitative estimate of drug-likeness (QED) is 0.579. The fourth-order valence-electron chi connectivity index (χ4n) is 3.03. The lowest BCUT2D eigenvalue weighted by molar-refractivity contribution is 0.145. The van der Waals surface area contributed by atoms with Gasteiger partial charge in [0.05, 0.1) is 29.6 Å². The Morgan fingerprint density at radius 3 is 2.58 bits per heavy atom. The Hall–Kier alpha value is -2.98. The van der Waals surface area contributed by atoms with Gasteiger partial charge in [-0.1, -0.05) is 49.4 Å². The number of nitrogens with zero attached hydrogens (tertiary/aromatic N) is 3. The zero-order chi connectivity index (χ0) is 17.9. The minimum absolute atomic E-state index is 0.365. The molecule has 4 heteroatoms. The molecule has 4 nitrogen and oxygen atoms in total. The monoisotopic (exact) mass is 343 g/mol. The van der Waals surface area contributed by atoms with Gasteiger partial charge < -0.3 is 5.11 Å². The fourth-order valence-corrected chi connectivity index (χ4v) is 3.03. The molecule has 0 aliphatic carbocycles. The van der Waals surface area contributed by atoms with Crippen molar-refractivity contribution in [3.05, 3.63) is 72.9 Å². The number of pyridine rings is 1. The maximum Gasteiger partial charge on any atom is 0.0923 e. The number of rotatable bonds is 5. The number of benzene rings is 2. The molecule has 0 aliphatic heterocycles. The summed E-state index contributed by atoms with van der Waals surface area (Å²) in [7, 11) is 0. The molecule has 130 valence electrons. The van der Waals surface area contributed by atoms with Crippen molar-refractivity contribution in [2.45, 2.75) is 26.0 Å². The van der Waals surface area contributed by atoms with E-state index in [1.807, 2.05) is 49.5 Å². The molecule has 0 saturated carbocycles. The second-order valence-electron chi connectivity index (χ2n) is 6.46. The largest absolute Gasteiger partial charge is 0.391 e. The molecule has 1 N–H and O–H groups in total. The summed E-state index contributed by atoms with van der Waals surface area (Å²) in [6.45, 7) is 2.48. The highest BCUT2D eigenvalue weighted by atomic mass is 16.3. The maximum atomic E-state index is 9.80. The summed E-state index contributed by atoms with van der Waals surface area (Å²) in [5.74, 6) is 0. The van der Waals surface area contributed by atoms with Gasteiger partial charge in [0.2, 0.25) is 0 Å². The first-order chi connectivity index (χ1) is 12.7. The highest BCUT2D eigenvalue weighted by molar-refractivity contribution is 5.82. The lowest BCUT2D eigenvalue weighted by Crippen LogP contribution is -2.14. The standard InChI is InChI=1S/C22H21N3O/c1-2-19(26)15-25-13-12-22(24-25)18-8-5-7-17(14-18)21-11-10-16-6-3-4-9-20(16)23-21/h3-14,19,26H,2,15H2,1H3. The van der Waals surface area contributed by atoms with Gasteiger partial charge in [-0.3, -0.25) is 4.68 Å². The third-order valence-corrected chi connectivity index (χ3v) is 4.56. The molecule has 0 bridgehead atoms. The van der Waals surface area contributed by atoms with Crippen LogP contribution in [0.1, 0.15) is 13.3 Å². The first-order valence-electron chi connectivity index (χ1n) is 8.91. The third kappa shape index (κ3) is 3.37. The molecule has 0 spiro atoms. The predicted molar refractivity (Wildman–Crippen MR) is 105 cm³/mol. The molecule has 0 radical (unpaired) electrons. The SMILES string of the molecule is CCC(O)Cn1ccc(-c2cccc(-c3ccc4ccccc4n3)c2)n1. The van der Waals surface area contributed by atoms with E-state index in [0.29, 0.717) is 6.54 Å². The molecule has 1 unspecified atom stereocenters. The minimum atomic E-state index is -0.365. The highest BCUT2D eigenvalue weighted by Gasteiger charge is 2.08. The molecule has 2 aromatic carbocycles. The van der Waals surface area contributed by atoms with E-state index >= 15 is 0 Å². The Bertz CT molecular complexity index is 1040. The van der Waals surface area contributed by atoms with Crippen molar-refractivity contribution in [2.24, 2.45) is 0 Å². The summed E-state index contributed by atoms with van der Waals surface area (Å²) in [5, 5.41) is 15.5. The summed E-state index contributed by atoms with van der Waals surface area (Å²) in [6.07, 6.45) is 2.27. The maximum absolute atomic E-state index is 9.80. The zero-order valence-electron chi connectivity index (χ0n) is 14.7. The van der Waals surface area contributed by atoms with Crippen molar-refractivity contribution in [2.75, 3.05) is 0 Å². The molecule has 2 heterocycles. The first kappa shape index (κ1) is 16.5. The van der Waals surface area contributed by atoms with Gasteiger partial charge in [0.1, 0.15) is 0 Å². The van der Waals surface area contributed by atoms with Gasteiger partial charge in [-0.25, -0.2) is 4.98 Å². The van der Waals surface area contributed by atoms with Crippen LogP contribution < -0.4 is 0 Å². The Morgan fingerprint density at radius 2 is 1.73 bits per heavy atom. The van der Waals surface area contributed by atoms with Crippen LogP contribution in [0.2, 0.25) is 0 Å². The fraction of sp³-hybridized carbons (Fsp3) is 0.182. The third-order valence-electron chi connectivity index (χ3n) is 4.56. The minimum Gasteiger partial charge on any atom is -0.391 e. The molecule has 0 aliphatic rings. The highest BCUT2D eigenvalue weighted by Crippen LogP contribution is 2.26. The first-order valence-corrected chi connectivity index (χ1v) is 8.91. The molecule has 1 atom stereocenters. The molecule has 4 aromatic rings. The number of aliphatic hydroxyl groups excluding tert-OH is 1. The van der Waals surface area contributed by atoms with Crippen LogP contribution in [-0.2, 0) is 6.54 Å². The van der Waals surface area contributed by atoms with E-state index < -0.39 is 0 Å². The number of hydrogen-bond donors (Lipinski definition) is 1. The van der Waals surface area contributed by atoms with E-state index in [-0.39, 0.29) is 6.10 Å². The van der Waals surface area contributed by atoms with Crippen LogP contribution in [0.15, 0.2) is 72.9 Å². The number of fused-ring (bicyclic) bond motifs is 1. The summed E-state index contributed by atoms with van der Waals surface area (Å²) < 4.78 is 1.80. The number of hydrogen-bond acceptors (Lipinski definition) is 3. The Labute approximate surface area is 152 Å². The molecular weight excluding hydrogens is 322 g/mol. The van der Waals surface area contributed by atoms with Gasteiger partial charge in [0, 0.05) is 22.7 Å². The van der Waals surface area contributed by atoms with Gasteiger partial charge in [0.25, 0.3) is 0 Å². The van der Waals surface area contributed by atoms with Gasteiger partial charge in [-0.2, -0.15) is 5.10 Å². The van der Waals surface area contributed by atoms with Crippen molar-refractivity contribution in [3.8, 4) is 22.5 Å². The van der Waals surface area contributed by atoms with Crippen LogP contribution in [0.25, 0.3) is 33.4 Å². The summed E-state index contributed by atoms with van der Waals surface area (Å²) in [5.41, 5.74) is 4.95. The zero-order valence-corrected chi connectivity index (χ0v) is 14.7. The predicted octanol–water partition coefficient (Wildman–Crippen LogP) is 4.54. The van der Waals surface area contributed by atoms with Crippen LogP contribution in [0.5, 0.6) is 0 Å². The van der Waals surface area contributed by atoms with Crippen LogP contribution >= 0.6 is 0 Å². The Balaban J connectivity index is 1.65. The van der Waals surface area contributed by atoms with E-state index in [0.717, 1.165) is 39.8 Å². The summed E-state index contributed by atoms with van der Waals surface area (Å²) in [4.78, 5) is 4.78. The van der Waals surface area contributed by atoms with Crippen molar-refractivity contribution in [3.63, 3.8) is 0 Å². The van der Waals surface area contributed by atoms with Crippen LogP contribution in [0.3, 0.4) is 0 Å². The van der Waals surface area contributed by atoms with E-state index in [4.69, 9.17) is 4.98 Å². The van der Waals surface area contributed by atoms with Gasteiger partial charge in [-0.15, -0.1) is 0 Å². The molecular formula is C22H21N3O. The second kappa shape index (κ2) is 7.10. The number of aliphatic hydroxyl groups is 1. The molecule has 0 saturated heterocycles. The lowest BCUT2D eigenvalue weighted by Gasteiger charge is -2.07. The van der Waals surface area contributed by atoms with Gasteiger partial charge >= 0.3 is 0 Å². The second-order valence-corrected chi connectivity index (χ2v) is 6.46. The molecule has 0 fully saturated rings. The Kier molecular flexibility index (Phi) is 4.50. The van der Waals surface area contributed by atoms with Crippen molar-refractivity contribution in [1.29, 1.82) is 0 Å². The molecule has 0 amide bonds. The van der Waals surface area contributed by atoms with E-state index in [9.17, 15) is 5.11 Å². The molecule has 26 heavy (non-hydrogen) atoms. The van der Waals surface area contributed by atoms with Crippen molar-refractivity contribution < 1.29 is 5.11 Å². The normalized spacial score (nSPS) is 12.4. The van der Waals surface area contributed by atoms with Gasteiger partial charge in [0.15, 0.2) is 0 Å². The summed E-state index contributed by atoms with van der Waals surface area (Å²) >= 11 is 0. The van der Waals surface area contributed by atoms with Gasteiger partial charge in [-0.05, 0) is 30.7 Å². The average Bonchev–Trinajstić information content (AvgIpc) is 3.16. The molecule has 2 aromatic heterocycles. The van der Waals surface area contributed by atoms with Crippen LogP contribution in [0.4, 0.5) is 0 Å². The van der Waals surface area contributed by atoms with Crippen molar-refractivity contribution in [1.82, 2.24) is 14.8 Å². The average molecular weight is 343 g/mol. The van der Waals surface area contributed by atoms with Crippen LogP contribution in [-0.4, -0.2) is 26.0 Å². The van der Waals surface area contributed by atoms with Crippen molar-refractivity contribution >= 4 is 10.9 Å². The Morgan fingerprint density at radius 1 is 0.923 bits per heavy atom.